The molecule has 0 bridgehead atoms. The zero-order valence-corrected chi connectivity index (χ0v) is 17.2. The van der Waals surface area contributed by atoms with E-state index in [1.165, 1.54) is 6.92 Å². The molecule has 5 nitrogen and oxygen atoms in total. The van der Waals surface area contributed by atoms with Crippen molar-refractivity contribution in [2.45, 2.75) is 51.1 Å². The largest absolute Gasteiger partial charge is 0.345 e. The van der Waals surface area contributed by atoms with Crippen molar-refractivity contribution in [3.05, 3.63) is 70.8 Å². The third-order valence-corrected chi connectivity index (χ3v) is 5.04. The van der Waals surface area contributed by atoms with Gasteiger partial charge in [0.2, 0.25) is 5.91 Å². The molecular formula is C23H29F2N3O2. The van der Waals surface area contributed by atoms with Gasteiger partial charge in [-0.05, 0) is 62.4 Å². The normalized spacial score (nSPS) is 13.0. The third kappa shape index (κ3) is 7.00. The number of nitrogens with two attached hydrogens (primary N) is 2. The lowest BCUT2D eigenvalue weighted by Gasteiger charge is -2.20. The number of amides is 1. The maximum atomic E-state index is 13.8. The van der Waals surface area contributed by atoms with Crippen molar-refractivity contribution in [2.75, 3.05) is 6.54 Å². The number of aryl methyl sites for hydroxylation is 1. The summed E-state index contributed by atoms with van der Waals surface area (Å²) < 4.78 is 27.7. The maximum absolute atomic E-state index is 13.8. The Labute approximate surface area is 175 Å². The van der Waals surface area contributed by atoms with Crippen LogP contribution in [-0.4, -0.2) is 30.3 Å². The Morgan fingerprint density at radius 2 is 1.67 bits per heavy atom. The van der Waals surface area contributed by atoms with Crippen LogP contribution in [0.1, 0.15) is 36.0 Å². The molecule has 0 heterocycles. The summed E-state index contributed by atoms with van der Waals surface area (Å²) in [7, 11) is 0. The molecule has 0 radical (unpaired) electrons. The van der Waals surface area contributed by atoms with E-state index in [2.05, 4.69) is 5.32 Å². The highest BCUT2D eigenvalue weighted by molar-refractivity contribution is 5.91. The second kappa shape index (κ2) is 11.5. The molecule has 0 saturated heterocycles. The van der Waals surface area contributed by atoms with E-state index in [1.807, 2.05) is 30.3 Å². The first kappa shape index (κ1) is 23.6. The summed E-state index contributed by atoms with van der Waals surface area (Å²) in [6, 6.07) is 10.3. The summed E-state index contributed by atoms with van der Waals surface area (Å²) in [5, 5.41) is 2.71. The van der Waals surface area contributed by atoms with Gasteiger partial charge in [-0.1, -0.05) is 30.3 Å². The quantitative estimate of drug-likeness (QED) is 0.523. The van der Waals surface area contributed by atoms with Crippen molar-refractivity contribution in [3.63, 3.8) is 0 Å². The van der Waals surface area contributed by atoms with E-state index >= 15 is 0 Å². The maximum Gasteiger partial charge on any atom is 0.237 e. The van der Waals surface area contributed by atoms with E-state index < -0.39 is 29.6 Å². The average Bonchev–Trinajstić information content (AvgIpc) is 2.73. The molecule has 0 aromatic heterocycles. The van der Waals surface area contributed by atoms with Crippen molar-refractivity contribution >= 4 is 11.7 Å². The third-order valence-electron chi connectivity index (χ3n) is 5.04. The van der Waals surface area contributed by atoms with Crippen LogP contribution in [-0.2, 0) is 22.4 Å². The Morgan fingerprint density at radius 1 is 1.03 bits per heavy atom. The molecule has 0 fully saturated rings. The van der Waals surface area contributed by atoms with Gasteiger partial charge in [-0.3, -0.25) is 9.59 Å². The molecular weight excluding hydrogens is 388 g/mol. The van der Waals surface area contributed by atoms with E-state index in [4.69, 9.17) is 11.5 Å². The topological polar surface area (TPSA) is 98.2 Å². The molecule has 0 unspecified atom stereocenters. The van der Waals surface area contributed by atoms with Crippen LogP contribution in [0.25, 0.3) is 0 Å². The fourth-order valence-corrected chi connectivity index (χ4v) is 3.14. The molecule has 2 aromatic carbocycles. The minimum Gasteiger partial charge on any atom is -0.345 e. The number of Topliss-reactive ketones (excluding diaryl/α,β-unsaturated/α-hetero) is 1. The number of carbonyl (C=O) groups is 2. The van der Waals surface area contributed by atoms with Gasteiger partial charge >= 0.3 is 0 Å². The molecule has 30 heavy (non-hydrogen) atoms. The second-order valence-electron chi connectivity index (χ2n) is 7.45. The summed E-state index contributed by atoms with van der Waals surface area (Å²) in [5.74, 6) is -2.16. The van der Waals surface area contributed by atoms with Gasteiger partial charge < -0.3 is 16.8 Å². The van der Waals surface area contributed by atoms with Gasteiger partial charge in [-0.25, -0.2) is 8.78 Å². The summed E-state index contributed by atoms with van der Waals surface area (Å²) in [5.41, 5.74) is 12.5. The minimum atomic E-state index is -0.811. The second-order valence-corrected chi connectivity index (χ2v) is 7.45. The van der Waals surface area contributed by atoms with Gasteiger partial charge in [0.15, 0.2) is 5.78 Å². The lowest BCUT2D eigenvalue weighted by Crippen LogP contribution is -2.49. The number of benzene rings is 2. The molecule has 1 amide bonds. The molecule has 2 rings (SSSR count). The first-order chi connectivity index (χ1) is 14.3. The number of carbonyl (C=O) groups excluding carboxylic acids is 2. The van der Waals surface area contributed by atoms with Crippen LogP contribution in [0.4, 0.5) is 8.78 Å². The first-order valence-electron chi connectivity index (χ1n) is 10.1. The van der Waals surface area contributed by atoms with Crippen molar-refractivity contribution in [2.24, 2.45) is 11.5 Å². The predicted molar refractivity (Wildman–Crippen MR) is 113 cm³/mol. The number of nitrogens with one attached hydrogen (secondary N) is 1. The predicted octanol–water partition coefficient (Wildman–Crippen LogP) is 2.57. The monoisotopic (exact) mass is 417 g/mol. The highest BCUT2D eigenvalue weighted by atomic mass is 19.1. The number of hydrogen-bond acceptors (Lipinski definition) is 4. The lowest BCUT2D eigenvalue weighted by atomic mass is 9.96. The first-order valence-corrected chi connectivity index (χ1v) is 10.1. The lowest BCUT2D eigenvalue weighted by molar-refractivity contribution is -0.128. The standard InChI is InChI=1S/C23H29F2N3O2/c1-15-18(24)12-17(13-19(15)25)14-22(29)21(10-9-16-6-3-2-4-7-16)28-23(30)20(27)8-5-11-26/h2-4,6-7,12-13,20-21H,5,8-11,14,26-27H2,1H3,(H,28,30)/t20-,21+/m0/s1. The van der Waals surface area contributed by atoms with Gasteiger partial charge in [-0.15, -0.1) is 0 Å². The van der Waals surface area contributed by atoms with Crippen LogP contribution < -0.4 is 16.8 Å². The Hall–Kier alpha value is -2.64. The summed E-state index contributed by atoms with van der Waals surface area (Å²) >= 11 is 0. The Balaban J connectivity index is 2.12. The van der Waals surface area contributed by atoms with Crippen LogP contribution in [0.2, 0.25) is 0 Å². The Kier molecular flexibility index (Phi) is 9.08. The van der Waals surface area contributed by atoms with E-state index in [1.54, 1.807) is 0 Å². The van der Waals surface area contributed by atoms with Gasteiger partial charge in [-0.2, -0.15) is 0 Å². The van der Waals surface area contributed by atoms with Gasteiger partial charge in [0.25, 0.3) is 0 Å². The van der Waals surface area contributed by atoms with Gasteiger partial charge in [0.05, 0.1) is 12.1 Å². The van der Waals surface area contributed by atoms with E-state index in [-0.39, 0.29) is 23.3 Å². The SMILES string of the molecule is Cc1c(F)cc(CC(=O)[C@@H](CCc2ccccc2)NC(=O)[C@@H](N)CCCN)cc1F. The highest BCUT2D eigenvalue weighted by Gasteiger charge is 2.24. The minimum absolute atomic E-state index is 0.0917. The summed E-state index contributed by atoms with van der Waals surface area (Å²) in [4.78, 5) is 25.3. The van der Waals surface area contributed by atoms with E-state index in [9.17, 15) is 18.4 Å². The number of halogens is 2. The molecule has 2 atom stereocenters. The number of hydrogen-bond donors (Lipinski definition) is 3. The molecule has 162 valence electrons. The fraction of sp³-hybridized carbons (Fsp3) is 0.391. The highest BCUT2D eigenvalue weighted by Crippen LogP contribution is 2.16. The molecule has 0 aliphatic heterocycles. The Bertz CT molecular complexity index is 836. The number of ketones is 1. The van der Waals surface area contributed by atoms with E-state index in [0.29, 0.717) is 32.2 Å². The van der Waals surface area contributed by atoms with Crippen LogP contribution >= 0.6 is 0 Å². The van der Waals surface area contributed by atoms with Crippen molar-refractivity contribution in [3.8, 4) is 0 Å². The van der Waals surface area contributed by atoms with Crippen molar-refractivity contribution in [1.82, 2.24) is 5.32 Å². The summed E-state index contributed by atoms with van der Waals surface area (Å²) in [6.45, 7) is 1.75. The average molecular weight is 418 g/mol. The smallest absolute Gasteiger partial charge is 0.237 e. The zero-order valence-electron chi connectivity index (χ0n) is 17.2. The molecule has 2 aromatic rings. The Morgan fingerprint density at radius 3 is 2.27 bits per heavy atom. The van der Waals surface area contributed by atoms with Gasteiger partial charge in [0.1, 0.15) is 11.6 Å². The molecule has 0 spiro atoms. The molecule has 5 N–H and O–H groups in total. The van der Waals surface area contributed by atoms with Gasteiger partial charge in [0, 0.05) is 12.0 Å². The van der Waals surface area contributed by atoms with E-state index in [0.717, 1.165) is 17.7 Å². The van der Waals surface area contributed by atoms with Crippen molar-refractivity contribution < 1.29 is 18.4 Å². The summed E-state index contributed by atoms with van der Waals surface area (Å²) in [6.07, 6.45) is 1.74. The zero-order chi connectivity index (χ0) is 22.1. The van der Waals surface area contributed by atoms with Crippen LogP contribution in [0.5, 0.6) is 0 Å². The molecule has 0 aliphatic carbocycles. The van der Waals surface area contributed by atoms with Crippen molar-refractivity contribution in [1.29, 1.82) is 0 Å². The fourth-order valence-electron chi connectivity index (χ4n) is 3.14. The molecule has 0 aliphatic rings. The molecule has 0 saturated carbocycles. The van der Waals surface area contributed by atoms with Crippen LogP contribution in [0.15, 0.2) is 42.5 Å². The van der Waals surface area contributed by atoms with Crippen LogP contribution in [0.3, 0.4) is 0 Å². The van der Waals surface area contributed by atoms with Crippen LogP contribution in [0, 0.1) is 18.6 Å². The molecule has 7 heteroatoms. The number of rotatable bonds is 11.